The molecule has 0 spiro atoms. The lowest BCUT2D eigenvalue weighted by Crippen LogP contribution is -2.49. The normalized spacial score (nSPS) is 22.9. The van der Waals surface area contributed by atoms with Crippen LogP contribution < -0.4 is 5.56 Å². The number of pyridine rings is 1. The number of allylic oxidation sites excluding steroid dienone is 1. The molecule has 1 saturated heterocycles. The molecular formula is C24H26FN6O+. The van der Waals surface area contributed by atoms with E-state index < -0.39 is 5.82 Å². The maximum atomic E-state index is 14.0. The van der Waals surface area contributed by atoms with Gasteiger partial charge in [-0.2, -0.15) is 5.26 Å². The third-order valence-corrected chi connectivity index (χ3v) is 6.46. The molecule has 2 unspecified atom stereocenters. The molecule has 0 radical (unpaired) electrons. The van der Waals surface area contributed by atoms with Gasteiger partial charge in [-0.15, -0.1) is 0 Å². The minimum absolute atomic E-state index is 0.138. The van der Waals surface area contributed by atoms with Crippen molar-refractivity contribution in [2.45, 2.75) is 31.2 Å². The van der Waals surface area contributed by atoms with Gasteiger partial charge in [-0.25, -0.2) is 4.39 Å². The molecule has 0 bridgehead atoms. The molecule has 2 atom stereocenters. The number of piperazine rings is 1. The second kappa shape index (κ2) is 9.86. The predicted molar refractivity (Wildman–Crippen MR) is 123 cm³/mol. The molecule has 1 saturated carbocycles. The van der Waals surface area contributed by atoms with Crippen LogP contribution in [0.25, 0.3) is 15.6 Å². The highest BCUT2D eigenvalue weighted by molar-refractivity contribution is 5.84. The average Bonchev–Trinajstić information content (AvgIpc) is 3.29. The molecule has 0 amide bonds. The summed E-state index contributed by atoms with van der Waals surface area (Å²) >= 11 is 0. The molecule has 7 nitrogen and oxygen atoms in total. The number of nitriles is 1. The Morgan fingerprint density at radius 3 is 2.91 bits per heavy atom. The quantitative estimate of drug-likeness (QED) is 0.580. The zero-order valence-electron chi connectivity index (χ0n) is 17.9. The number of H-pyrrole nitrogens is 1. The van der Waals surface area contributed by atoms with E-state index in [4.69, 9.17) is 11.8 Å². The Hall–Kier alpha value is -3.33. The fraction of sp³-hybridized carbons (Fsp3) is 0.417. The maximum absolute atomic E-state index is 14.0. The lowest BCUT2D eigenvalue weighted by molar-refractivity contribution is 0.0994. The van der Waals surface area contributed by atoms with Crippen molar-refractivity contribution in [3.8, 4) is 12.6 Å². The van der Waals surface area contributed by atoms with Gasteiger partial charge < -0.3 is 4.98 Å². The number of halogens is 1. The lowest BCUT2D eigenvalue weighted by Gasteiger charge is -2.37. The average molecular weight is 434 g/mol. The Morgan fingerprint density at radius 1 is 1.34 bits per heavy atom. The van der Waals surface area contributed by atoms with Crippen molar-refractivity contribution < 1.29 is 4.39 Å². The summed E-state index contributed by atoms with van der Waals surface area (Å²) in [6, 6.07) is 9.17. The first kappa shape index (κ1) is 21.9. The van der Waals surface area contributed by atoms with Gasteiger partial charge in [-0.05, 0) is 41.6 Å². The van der Waals surface area contributed by atoms with Gasteiger partial charge in [0, 0.05) is 50.0 Å². The molecule has 2 fully saturated rings. The van der Waals surface area contributed by atoms with Gasteiger partial charge in [0.2, 0.25) is 0 Å². The minimum atomic E-state index is -0.476. The van der Waals surface area contributed by atoms with Crippen molar-refractivity contribution in [1.82, 2.24) is 14.8 Å². The van der Waals surface area contributed by atoms with E-state index in [1.165, 1.54) is 18.5 Å². The first-order valence-electron chi connectivity index (χ1n) is 10.9. The van der Waals surface area contributed by atoms with Crippen molar-refractivity contribution in [1.29, 1.82) is 5.26 Å². The van der Waals surface area contributed by atoms with Crippen molar-refractivity contribution in [2.24, 2.45) is 4.99 Å². The van der Waals surface area contributed by atoms with Crippen LogP contribution in [0.5, 0.6) is 0 Å². The molecule has 1 aliphatic carbocycles. The molecule has 2 heterocycles. The first-order chi connectivity index (χ1) is 15.6. The lowest BCUT2D eigenvalue weighted by atomic mass is 10.00. The number of aliphatic imine (C=N–C) groups is 1. The van der Waals surface area contributed by atoms with Crippen LogP contribution in [0.3, 0.4) is 0 Å². The fourth-order valence-corrected chi connectivity index (χ4v) is 4.79. The van der Waals surface area contributed by atoms with Crippen LogP contribution in [0.4, 0.5) is 4.39 Å². The molecule has 32 heavy (non-hydrogen) atoms. The first-order valence-corrected chi connectivity index (χ1v) is 10.9. The zero-order valence-corrected chi connectivity index (χ0v) is 17.9. The number of aromatic amines is 1. The van der Waals surface area contributed by atoms with Crippen molar-refractivity contribution in [3.05, 3.63) is 62.7 Å². The standard InChI is InChI=1S/C24H25FN6O/c1-27-14-17(13-26)15-28-16-30-7-9-31(10-8-30)20-6-5-18(11-20)22-12-19-3-2-4-21(25)23(19)24(32)29-22/h1-4,12,14-15,18,20H,5-11,16H2/p+1/b17-14-,28-15-. The summed E-state index contributed by atoms with van der Waals surface area (Å²) in [6.45, 7) is 9.36. The second-order valence-corrected chi connectivity index (χ2v) is 8.37. The number of fused-ring (bicyclic) bond motifs is 1. The molecular weight excluding hydrogens is 407 g/mol. The largest absolute Gasteiger partial charge is 0.325 e. The van der Waals surface area contributed by atoms with Crippen LogP contribution in [0, 0.1) is 23.7 Å². The minimum Gasteiger partial charge on any atom is -0.325 e. The van der Waals surface area contributed by atoms with Crippen LogP contribution in [0.15, 0.2) is 45.8 Å². The Balaban J connectivity index is 1.33. The van der Waals surface area contributed by atoms with E-state index in [2.05, 4.69) is 24.6 Å². The number of aromatic nitrogens is 1. The molecule has 8 heteroatoms. The van der Waals surface area contributed by atoms with Crippen LogP contribution in [0.2, 0.25) is 0 Å². The highest BCUT2D eigenvalue weighted by Crippen LogP contribution is 2.36. The van der Waals surface area contributed by atoms with E-state index >= 15 is 0 Å². The van der Waals surface area contributed by atoms with Crippen molar-refractivity contribution in [3.63, 3.8) is 0 Å². The Labute approximate surface area is 186 Å². The van der Waals surface area contributed by atoms with Crippen LogP contribution in [0.1, 0.15) is 30.9 Å². The number of rotatable bonds is 5. The van der Waals surface area contributed by atoms with Crippen molar-refractivity contribution in [2.75, 3.05) is 32.8 Å². The third-order valence-electron chi connectivity index (χ3n) is 6.46. The van der Waals surface area contributed by atoms with E-state index in [9.17, 15) is 9.18 Å². The van der Waals surface area contributed by atoms with Gasteiger partial charge in [0.25, 0.3) is 12.1 Å². The molecule has 1 aromatic heterocycles. The SMILES string of the molecule is C#[N+]/C=C(C#N)\C=N/CN1CCN(C2CCC(c3cc4cccc(F)c4c(=O)[nH]3)C2)CC1. The van der Waals surface area contributed by atoms with E-state index in [-0.39, 0.29) is 16.9 Å². The summed E-state index contributed by atoms with van der Waals surface area (Å²) in [4.78, 5) is 27.8. The van der Waals surface area contributed by atoms with Crippen LogP contribution in [-0.4, -0.2) is 59.9 Å². The summed E-state index contributed by atoms with van der Waals surface area (Å²) in [5.74, 6) is -0.191. The molecule has 4 rings (SSSR count). The van der Waals surface area contributed by atoms with Crippen molar-refractivity contribution >= 4 is 17.0 Å². The Morgan fingerprint density at radius 2 is 2.16 bits per heavy atom. The number of nitrogens with one attached hydrogen (secondary N) is 1. The zero-order chi connectivity index (χ0) is 22.5. The summed E-state index contributed by atoms with van der Waals surface area (Å²) < 4.78 is 14.0. The Bertz CT molecular complexity index is 1180. The number of nitrogens with zero attached hydrogens (tertiary/aromatic N) is 5. The highest BCUT2D eigenvalue weighted by atomic mass is 19.1. The summed E-state index contributed by atoms with van der Waals surface area (Å²) in [5, 5.41) is 9.75. The summed E-state index contributed by atoms with van der Waals surface area (Å²) in [6.07, 6.45) is 5.89. The van der Waals surface area contributed by atoms with E-state index in [1.807, 2.05) is 12.1 Å². The van der Waals surface area contributed by atoms with Crippen LogP contribution in [-0.2, 0) is 0 Å². The van der Waals surface area contributed by atoms with E-state index in [1.54, 1.807) is 12.1 Å². The molecule has 164 valence electrons. The predicted octanol–water partition coefficient (Wildman–Crippen LogP) is 3.32. The molecule has 1 aromatic carbocycles. The number of hydrogen-bond donors (Lipinski definition) is 1. The molecule has 2 aliphatic rings. The highest BCUT2D eigenvalue weighted by Gasteiger charge is 2.32. The molecule has 1 aliphatic heterocycles. The van der Waals surface area contributed by atoms with Gasteiger partial charge in [0.1, 0.15) is 11.9 Å². The van der Waals surface area contributed by atoms with Gasteiger partial charge in [0.05, 0.1) is 12.1 Å². The van der Waals surface area contributed by atoms with Gasteiger partial charge in [0.15, 0.2) is 5.57 Å². The smallest absolute Gasteiger partial charge is 0.324 e. The van der Waals surface area contributed by atoms with E-state index in [0.29, 0.717) is 23.7 Å². The maximum Gasteiger partial charge on any atom is 0.324 e. The summed E-state index contributed by atoms with van der Waals surface area (Å²) in [5.41, 5.74) is 0.898. The third kappa shape index (κ3) is 4.77. The van der Waals surface area contributed by atoms with Gasteiger partial charge in [-0.1, -0.05) is 12.1 Å². The monoisotopic (exact) mass is 433 g/mol. The van der Waals surface area contributed by atoms with Gasteiger partial charge >= 0.3 is 6.20 Å². The summed E-state index contributed by atoms with van der Waals surface area (Å²) in [7, 11) is 0. The second-order valence-electron chi connectivity index (χ2n) is 8.37. The van der Waals surface area contributed by atoms with E-state index in [0.717, 1.165) is 51.1 Å². The topological polar surface area (TPSA) is 79.8 Å². The Kier molecular flexibility index (Phi) is 6.75. The number of hydrogen-bond acceptors (Lipinski definition) is 5. The molecule has 1 N–H and O–H groups in total. The number of benzene rings is 1. The van der Waals surface area contributed by atoms with Gasteiger partial charge in [-0.3, -0.25) is 19.6 Å². The van der Waals surface area contributed by atoms with Crippen LogP contribution >= 0.6 is 0 Å². The fourth-order valence-electron chi connectivity index (χ4n) is 4.79. The molecule has 2 aromatic rings.